The van der Waals surface area contributed by atoms with Gasteiger partial charge in [0.05, 0.1) is 23.9 Å². The van der Waals surface area contributed by atoms with Crippen molar-refractivity contribution in [3.05, 3.63) is 40.9 Å². The average molecular weight is 812 g/mol. The Labute approximate surface area is 344 Å². The number of para-hydroxylation sites is 1. The summed E-state index contributed by atoms with van der Waals surface area (Å²) >= 11 is 6.65. The number of carbonyl (C=O) groups excluding carboxylic acids is 2. The number of carbonyl (C=O) groups is 2. The van der Waals surface area contributed by atoms with Crippen LogP contribution in [-0.2, 0) is 19.1 Å². The van der Waals surface area contributed by atoms with Crippen LogP contribution in [0.1, 0.15) is 113 Å². The summed E-state index contributed by atoms with van der Waals surface area (Å²) in [6.45, 7) is 17.1. The van der Waals surface area contributed by atoms with Crippen LogP contribution in [0.3, 0.4) is 0 Å². The molecule has 2 heterocycles. The van der Waals surface area contributed by atoms with Crippen LogP contribution in [0.15, 0.2) is 35.9 Å². The van der Waals surface area contributed by atoms with Gasteiger partial charge in [0.1, 0.15) is 24.4 Å². The summed E-state index contributed by atoms with van der Waals surface area (Å²) < 4.78 is 12.3. The highest BCUT2D eigenvalue weighted by atomic mass is 35.5. The molecule has 5 aliphatic carbocycles. The number of aliphatic hydroxyl groups is 4. The number of ketones is 1. The first-order valence-electron chi connectivity index (χ1n) is 21.8. The Morgan fingerprint density at radius 2 is 1.63 bits per heavy atom. The van der Waals surface area contributed by atoms with E-state index in [0.717, 1.165) is 44.2 Å². The standard InChI is InChI=1S/C46H67ClN2O8/c1-41(2)14-10-15-44(5)33(41)13-16-46(7)38(44)31(51)23-27-28-24-43(4,18-17-42(28,3)19-20-45(27,46)6)40(55)49-22-21-48(30-12-9-8-11-29(30)47)25-34(49)57-39-37(54)36(53)35(52)32(26-50)56-39/h8-9,11-12,23,28,32-39,50,52-54H,10,13-22,24-26H2,1-7H3/t28-,32-,33?,34?,35-,36-,37-,38?,39+,42-,43?,44+,45-,46-/m1/s1. The molecule has 10 nitrogen and oxygen atoms in total. The second-order valence-electron chi connectivity index (χ2n) is 21.3. The Kier molecular flexibility index (Phi) is 10.4. The number of anilines is 1. The number of aliphatic hydroxyl groups excluding tert-OH is 4. The number of fused-ring (bicyclic) bond motifs is 7. The van der Waals surface area contributed by atoms with Crippen molar-refractivity contribution >= 4 is 29.0 Å². The van der Waals surface area contributed by atoms with E-state index < -0.39 is 49.0 Å². The molecule has 14 atom stereocenters. The highest BCUT2D eigenvalue weighted by Crippen LogP contribution is 2.75. The lowest BCUT2D eigenvalue weighted by molar-refractivity contribution is -0.321. The van der Waals surface area contributed by atoms with Crippen LogP contribution < -0.4 is 4.90 Å². The zero-order valence-corrected chi connectivity index (χ0v) is 35.9. The smallest absolute Gasteiger partial charge is 0.230 e. The fourth-order valence-electron chi connectivity index (χ4n) is 14.2. The first kappa shape index (κ1) is 41.7. The van der Waals surface area contributed by atoms with E-state index in [-0.39, 0.29) is 51.4 Å². The fraction of sp³-hybridized carbons (Fsp3) is 0.783. The van der Waals surface area contributed by atoms with Crippen LogP contribution in [0.2, 0.25) is 5.02 Å². The van der Waals surface area contributed by atoms with Crippen molar-refractivity contribution in [3.8, 4) is 0 Å². The number of hydrogen-bond acceptors (Lipinski definition) is 9. The van der Waals surface area contributed by atoms with Gasteiger partial charge in [-0.1, -0.05) is 84.2 Å². The molecule has 8 rings (SSSR count). The van der Waals surface area contributed by atoms with Crippen LogP contribution in [-0.4, -0.2) is 100 Å². The van der Waals surface area contributed by atoms with Crippen molar-refractivity contribution in [1.82, 2.24) is 4.90 Å². The van der Waals surface area contributed by atoms with Crippen LogP contribution in [0.25, 0.3) is 0 Å². The molecule has 57 heavy (non-hydrogen) atoms. The van der Waals surface area contributed by atoms with Gasteiger partial charge < -0.3 is 39.7 Å². The molecule has 4 unspecified atom stereocenters. The SMILES string of the molecule is CC1(C(=O)N2CCN(c3ccccc3Cl)CC2O[C@@H]2O[C@H](CO)[C@@H](O)[C@@H](O)[C@H]2O)CC[C@]2(C)CC[C@]3(C)C(=CC(=O)C4[C@@]5(C)CCCC(C)(C)C5CC[C@]43C)[C@H]2C1. The molecular weight excluding hydrogens is 744 g/mol. The van der Waals surface area contributed by atoms with Crippen LogP contribution in [0.5, 0.6) is 0 Å². The van der Waals surface area contributed by atoms with E-state index in [0.29, 0.717) is 42.7 Å². The second-order valence-corrected chi connectivity index (χ2v) is 21.7. The van der Waals surface area contributed by atoms with Gasteiger partial charge in [0.2, 0.25) is 5.91 Å². The van der Waals surface area contributed by atoms with E-state index in [2.05, 4.69) is 54.5 Å². The third kappa shape index (κ3) is 6.31. The van der Waals surface area contributed by atoms with Gasteiger partial charge in [-0.05, 0) is 115 Å². The zero-order valence-electron chi connectivity index (χ0n) is 35.2. The first-order valence-corrected chi connectivity index (χ1v) is 22.1. The summed E-state index contributed by atoms with van der Waals surface area (Å²) in [6, 6.07) is 7.49. The Hall–Kier alpha value is -2.05. The minimum absolute atomic E-state index is 0.00669. The molecule has 7 aliphatic rings. The maximum Gasteiger partial charge on any atom is 0.230 e. The minimum Gasteiger partial charge on any atom is -0.394 e. The van der Waals surface area contributed by atoms with Crippen LogP contribution in [0.4, 0.5) is 5.69 Å². The van der Waals surface area contributed by atoms with Crippen molar-refractivity contribution in [2.45, 2.75) is 150 Å². The van der Waals surface area contributed by atoms with Crippen LogP contribution in [0, 0.1) is 50.2 Å². The lowest BCUT2D eigenvalue weighted by Crippen LogP contribution is -2.66. The topological polar surface area (TPSA) is 140 Å². The third-order valence-electron chi connectivity index (χ3n) is 17.8. The van der Waals surface area contributed by atoms with E-state index in [1.165, 1.54) is 18.4 Å². The number of allylic oxidation sites excluding steroid dienone is 2. The van der Waals surface area contributed by atoms with E-state index >= 15 is 4.79 Å². The largest absolute Gasteiger partial charge is 0.394 e. The zero-order chi connectivity index (χ0) is 41.1. The maximum atomic E-state index is 15.3. The molecule has 1 amide bonds. The van der Waals surface area contributed by atoms with Crippen molar-refractivity contribution in [2.24, 2.45) is 50.2 Å². The monoisotopic (exact) mass is 810 g/mol. The molecule has 2 aliphatic heterocycles. The molecule has 11 heteroatoms. The number of ether oxygens (including phenoxy) is 2. The number of nitrogens with zero attached hydrogens (tertiary/aromatic N) is 2. The molecule has 0 bridgehead atoms. The lowest BCUT2D eigenvalue weighted by Gasteiger charge is -2.70. The molecule has 6 fully saturated rings. The van der Waals surface area contributed by atoms with Crippen molar-refractivity contribution in [2.75, 3.05) is 31.1 Å². The van der Waals surface area contributed by atoms with Crippen molar-refractivity contribution in [1.29, 1.82) is 0 Å². The summed E-state index contributed by atoms with van der Waals surface area (Å²) in [4.78, 5) is 34.0. The Morgan fingerprint density at radius 3 is 2.35 bits per heavy atom. The Morgan fingerprint density at radius 1 is 0.912 bits per heavy atom. The fourth-order valence-corrected chi connectivity index (χ4v) is 14.4. The Balaban J connectivity index is 1.11. The van der Waals surface area contributed by atoms with Gasteiger partial charge in [-0.15, -0.1) is 0 Å². The van der Waals surface area contributed by atoms with E-state index in [1.807, 2.05) is 29.2 Å². The second kappa shape index (κ2) is 14.3. The predicted molar refractivity (Wildman–Crippen MR) is 218 cm³/mol. The lowest BCUT2D eigenvalue weighted by atomic mass is 9.33. The van der Waals surface area contributed by atoms with Gasteiger partial charge in [-0.25, -0.2) is 0 Å². The molecule has 1 aromatic rings. The number of amides is 1. The molecule has 2 saturated heterocycles. The van der Waals surface area contributed by atoms with Gasteiger partial charge in [0.25, 0.3) is 0 Å². The number of hydrogen-bond donors (Lipinski definition) is 4. The number of benzene rings is 1. The molecule has 0 aromatic heterocycles. The molecular formula is C46H67ClN2O8. The molecule has 1 aromatic carbocycles. The number of piperazine rings is 1. The van der Waals surface area contributed by atoms with Gasteiger partial charge in [0.15, 0.2) is 18.3 Å². The van der Waals surface area contributed by atoms with Crippen molar-refractivity contribution < 1.29 is 39.5 Å². The molecule has 0 spiro atoms. The summed E-state index contributed by atoms with van der Waals surface area (Å²) in [5.74, 6) is 0.854. The minimum atomic E-state index is -1.61. The van der Waals surface area contributed by atoms with Gasteiger partial charge in [-0.2, -0.15) is 0 Å². The molecule has 0 radical (unpaired) electrons. The number of halogens is 1. The summed E-state index contributed by atoms with van der Waals surface area (Å²) in [5, 5.41) is 42.6. The predicted octanol–water partition coefficient (Wildman–Crippen LogP) is 6.50. The summed E-state index contributed by atoms with van der Waals surface area (Å²) in [5.41, 5.74) is 1.15. The van der Waals surface area contributed by atoms with Crippen molar-refractivity contribution in [3.63, 3.8) is 0 Å². The third-order valence-corrected chi connectivity index (χ3v) is 18.1. The van der Waals surface area contributed by atoms with Gasteiger partial charge >= 0.3 is 0 Å². The number of rotatable bonds is 5. The van der Waals surface area contributed by atoms with E-state index in [9.17, 15) is 25.2 Å². The average Bonchev–Trinajstić information content (AvgIpc) is 3.16. The van der Waals surface area contributed by atoms with Gasteiger partial charge in [0, 0.05) is 24.4 Å². The molecule has 316 valence electrons. The normalized spacial score (nSPS) is 46.9. The quantitative estimate of drug-likeness (QED) is 0.263. The molecule has 4 N–H and O–H groups in total. The Bertz CT molecular complexity index is 1790. The van der Waals surface area contributed by atoms with E-state index in [4.69, 9.17) is 21.1 Å². The van der Waals surface area contributed by atoms with E-state index in [1.54, 1.807) is 4.90 Å². The molecule has 4 saturated carbocycles. The highest BCUT2D eigenvalue weighted by molar-refractivity contribution is 6.33. The van der Waals surface area contributed by atoms with Gasteiger partial charge in [-0.3, -0.25) is 9.59 Å². The summed E-state index contributed by atoms with van der Waals surface area (Å²) in [6.07, 6.45) is 3.89. The summed E-state index contributed by atoms with van der Waals surface area (Å²) in [7, 11) is 0. The highest BCUT2D eigenvalue weighted by Gasteiger charge is 2.69. The maximum absolute atomic E-state index is 15.3. The first-order chi connectivity index (χ1) is 26.7. The van der Waals surface area contributed by atoms with Crippen LogP contribution >= 0.6 is 11.6 Å².